The molecular weight excluding hydrogens is 234 g/mol. The van der Waals surface area contributed by atoms with Crippen LogP contribution in [0.1, 0.15) is 30.6 Å². The summed E-state index contributed by atoms with van der Waals surface area (Å²) in [5.74, 6) is 2.22. The van der Waals surface area contributed by atoms with Gasteiger partial charge in [-0.25, -0.2) is 0 Å². The highest BCUT2D eigenvalue weighted by molar-refractivity contribution is 7.99. The molecule has 0 aliphatic carbocycles. The quantitative estimate of drug-likeness (QED) is 0.728. The van der Waals surface area contributed by atoms with Crippen LogP contribution in [-0.4, -0.2) is 45.6 Å². The smallest absolute Gasteiger partial charge is 0.255 e. The van der Waals surface area contributed by atoms with E-state index in [1.807, 2.05) is 18.8 Å². The van der Waals surface area contributed by atoms with Gasteiger partial charge in [0.05, 0.1) is 18.0 Å². The van der Waals surface area contributed by atoms with E-state index in [2.05, 4.69) is 24.0 Å². The highest BCUT2D eigenvalue weighted by atomic mass is 32.2. The summed E-state index contributed by atoms with van der Waals surface area (Å²) in [4.78, 5) is 13.8. The number of amides is 1. The number of carbonyl (C=O) groups is 1. The molecule has 5 heteroatoms. The van der Waals surface area contributed by atoms with E-state index in [-0.39, 0.29) is 11.9 Å². The van der Waals surface area contributed by atoms with Crippen LogP contribution in [0.4, 0.5) is 0 Å². The highest BCUT2D eigenvalue weighted by Crippen LogP contribution is 2.11. The van der Waals surface area contributed by atoms with E-state index in [1.54, 1.807) is 17.2 Å². The number of thioether (sulfide) groups is 1. The monoisotopic (exact) mass is 253 g/mol. The van der Waals surface area contributed by atoms with Crippen LogP contribution in [-0.2, 0) is 0 Å². The molecular formula is C12H19N3OS. The van der Waals surface area contributed by atoms with Gasteiger partial charge in [-0.1, -0.05) is 6.92 Å². The molecule has 0 aliphatic rings. The van der Waals surface area contributed by atoms with E-state index in [4.69, 9.17) is 0 Å². The Morgan fingerprint density at radius 2 is 2.29 bits per heavy atom. The lowest BCUT2D eigenvalue weighted by Gasteiger charge is -2.24. The largest absolute Gasteiger partial charge is 0.339 e. The maximum absolute atomic E-state index is 12.1. The second-order valence-corrected chi connectivity index (χ2v) is 5.28. The van der Waals surface area contributed by atoms with Crippen LogP contribution in [0.15, 0.2) is 18.5 Å². The fourth-order valence-electron chi connectivity index (χ4n) is 1.41. The fraction of sp³-hybridized carbons (Fsp3) is 0.583. The summed E-state index contributed by atoms with van der Waals surface area (Å²) in [5.41, 5.74) is 0.595. The van der Waals surface area contributed by atoms with Gasteiger partial charge in [-0.05, 0) is 30.9 Å². The SMILES string of the molecule is CCSCC[C@H](C)N(C)C(=O)c1ccnnc1. The predicted molar refractivity (Wildman–Crippen MR) is 71.2 cm³/mol. The zero-order chi connectivity index (χ0) is 12.7. The molecule has 94 valence electrons. The first-order valence-corrected chi connectivity index (χ1v) is 6.93. The van der Waals surface area contributed by atoms with Gasteiger partial charge in [0.15, 0.2) is 0 Å². The average molecular weight is 253 g/mol. The van der Waals surface area contributed by atoms with E-state index in [0.717, 1.165) is 17.9 Å². The van der Waals surface area contributed by atoms with Crippen molar-refractivity contribution in [3.05, 3.63) is 24.0 Å². The number of nitrogens with zero attached hydrogens (tertiary/aromatic N) is 3. The Balaban J connectivity index is 2.51. The van der Waals surface area contributed by atoms with Crippen molar-refractivity contribution in [3.8, 4) is 0 Å². The molecule has 0 saturated carbocycles. The lowest BCUT2D eigenvalue weighted by Crippen LogP contribution is -2.35. The summed E-state index contributed by atoms with van der Waals surface area (Å²) in [7, 11) is 1.84. The third kappa shape index (κ3) is 4.34. The highest BCUT2D eigenvalue weighted by Gasteiger charge is 2.17. The van der Waals surface area contributed by atoms with Crippen molar-refractivity contribution in [2.75, 3.05) is 18.6 Å². The van der Waals surface area contributed by atoms with Crippen LogP contribution < -0.4 is 0 Å². The third-order valence-electron chi connectivity index (χ3n) is 2.70. The molecule has 0 bridgehead atoms. The summed E-state index contributed by atoms with van der Waals surface area (Å²) in [5, 5.41) is 7.39. The van der Waals surface area contributed by atoms with E-state index < -0.39 is 0 Å². The Bertz CT molecular complexity index is 345. The molecule has 4 nitrogen and oxygen atoms in total. The number of hydrogen-bond acceptors (Lipinski definition) is 4. The van der Waals surface area contributed by atoms with Crippen LogP contribution in [0.25, 0.3) is 0 Å². The second kappa shape index (κ2) is 7.27. The first-order chi connectivity index (χ1) is 8.16. The zero-order valence-electron chi connectivity index (χ0n) is 10.6. The predicted octanol–water partition coefficient (Wildman–Crippen LogP) is 2.08. The molecule has 17 heavy (non-hydrogen) atoms. The Labute approximate surface area is 107 Å². The molecule has 1 rings (SSSR count). The summed E-state index contributed by atoms with van der Waals surface area (Å²) in [6, 6.07) is 1.94. The maximum atomic E-state index is 12.1. The van der Waals surface area contributed by atoms with Crippen molar-refractivity contribution in [2.45, 2.75) is 26.3 Å². The van der Waals surface area contributed by atoms with E-state index >= 15 is 0 Å². The second-order valence-electron chi connectivity index (χ2n) is 3.88. The van der Waals surface area contributed by atoms with Crippen molar-refractivity contribution in [2.24, 2.45) is 0 Å². The minimum atomic E-state index is 0.00824. The van der Waals surface area contributed by atoms with Gasteiger partial charge in [0, 0.05) is 13.1 Å². The Kier molecular flexibility index (Phi) is 5.97. The van der Waals surface area contributed by atoms with Crippen molar-refractivity contribution in [3.63, 3.8) is 0 Å². The number of carbonyl (C=O) groups excluding carboxylic acids is 1. The van der Waals surface area contributed by atoms with Gasteiger partial charge in [0.25, 0.3) is 5.91 Å². The minimum absolute atomic E-state index is 0.00824. The summed E-state index contributed by atoms with van der Waals surface area (Å²) in [6.45, 7) is 4.22. The molecule has 1 atom stereocenters. The van der Waals surface area contributed by atoms with Gasteiger partial charge in [-0.15, -0.1) is 0 Å². The van der Waals surface area contributed by atoms with Gasteiger partial charge < -0.3 is 4.90 Å². The zero-order valence-corrected chi connectivity index (χ0v) is 11.4. The molecule has 1 aromatic rings. The van der Waals surface area contributed by atoms with Crippen molar-refractivity contribution < 1.29 is 4.79 Å². The number of rotatable bonds is 6. The first kappa shape index (κ1) is 14.0. The van der Waals surface area contributed by atoms with Crippen LogP contribution >= 0.6 is 11.8 Å². The van der Waals surface area contributed by atoms with Crippen molar-refractivity contribution in [1.29, 1.82) is 0 Å². The van der Waals surface area contributed by atoms with Gasteiger partial charge in [0.1, 0.15) is 0 Å². The van der Waals surface area contributed by atoms with Crippen LogP contribution in [0, 0.1) is 0 Å². The Morgan fingerprint density at radius 3 is 2.88 bits per heavy atom. The van der Waals surface area contributed by atoms with E-state index in [0.29, 0.717) is 5.56 Å². The third-order valence-corrected chi connectivity index (χ3v) is 3.63. The molecule has 0 unspecified atom stereocenters. The van der Waals surface area contributed by atoms with Crippen LogP contribution in [0.3, 0.4) is 0 Å². The van der Waals surface area contributed by atoms with Gasteiger partial charge in [-0.3, -0.25) is 4.79 Å². The lowest BCUT2D eigenvalue weighted by molar-refractivity contribution is 0.0740. The number of hydrogen-bond donors (Lipinski definition) is 0. The van der Waals surface area contributed by atoms with Crippen LogP contribution in [0.2, 0.25) is 0 Å². The molecule has 0 aromatic carbocycles. The normalized spacial score (nSPS) is 12.2. The summed E-state index contributed by atoms with van der Waals surface area (Å²) in [6.07, 6.45) is 4.06. The molecule has 1 heterocycles. The van der Waals surface area contributed by atoms with E-state index in [9.17, 15) is 4.79 Å². The molecule has 0 N–H and O–H groups in total. The van der Waals surface area contributed by atoms with Crippen LogP contribution in [0.5, 0.6) is 0 Å². The molecule has 0 spiro atoms. The average Bonchev–Trinajstić information content (AvgIpc) is 2.38. The molecule has 0 radical (unpaired) electrons. The summed E-state index contributed by atoms with van der Waals surface area (Å²) >= 11 is 1.90. The molecule has 0 saturated heterocycles. The Morgan fingerprint density at radius 1 is 1.53 bits per heavy atom. The first-order valence-electron chi connectivity index (χ1n) is 5.78. The standard InChI is InChI=1S/C12H19N3OS/c1-4-17-8-6-10(2)15(3)12(16)11-5-7-13-14-9-11/h5,7,9-10H,4,6,8H2,1-3H3/t10-/m0/s1. The van der Waals surface area contributed by atoms with Crippen molar-refractivity contribution >= 4 is 17.7 Å². The van der Waals surface area contributed by atoms with Gasteiger partial charge in [-0.2, -0.15) is 22.0 Å². The Hall–Kier alpha value is -1.10. The van der Waals surface area contributed by atoms with Gasteiger partial charge in [0.2, 0.25) is 0 Å². The summed E-state index contributed by atoms with van der Waals surface area (Å²) < 4.78 is 0. The topological polar surface area (TPSA) is 46.1 Å². The maximum Gasteiger partial charge on any atom is 0.255 e. The minimum Gasteiger partial charge on any atom is -0.339 e. The van der Waals surface area contributed by atoms with Crippen molar-refractivity contribution in [1.82, 2.24) is 15.1 Å². The molecule has 0 aliphatic heterocycles. The molecule has 1 aromatic heterocycles. The fourth-order valence-corrected chi connectivity index (χ4v) is 2.21. The van der Waals surface area contributed by atoms with Gasteiger partial charge >= 0.3 is 0 Å². The lowest BCUT2D eigenvalue weighted by atomic mass is 10.2. The molecule has 0 fully saturated rings. The number of aromatic nitrogens is 2. The molecule has 1 amide bonds. The van der Waals surface area contributed by atoms with E-state index in [1.165, 1.54) is 6.20 Å².